The molecule has 0 aromatic rings. The monoisotopic (exact) mass is 270 g/mol. The first-order valence-electron chi connectivity index (χ1n) is 7.40. The highest BCUT2D eigenvalue weighted by molar-refractivity contribution is 7.99. The standard InChI is InChI=1S/C14H26N2OS/c1-11-9-16(10-13(11)15)12-2-5-17-14(8-12)3-6-18-7-4-14/h11-13H,2-10,15H2,1H3. The number of nitrogens with two attached hydrogens (primary N) is 1. The summed E-state index contributed by atoms with van der Waals surface area (Å²) in [7, 11) is 0. The zero-order valence-electron chi connectivity index (χ0n) is 11.4. The number of ether oxygens (including phenoxy) is 1. The van der Waals surface area contributed by atoms with E-state index in [2.05, 4.69) is 23.6 Å². The fourth-order valence-corrected chi connectivity index (χ4v) is 4.97. The first kappa shape index (κ1) is 13.2. The summed E-state index contributed by atoms with van der Waals surface area (Å²) in [5.41, 5.74) is 6.38. The highest BCUT2D eigenvalue weighted by Gasteiger charge is 2.42. The highest BCUT2D eigenvalue weighted by atomic mass is 32.2. The minimum absolute atomic E-state index is 0.212. The topological polar surface area (TPSA) is 38.5 Å². The van der Waals surface area contributed by atoms with Gasteiger partial charge in [-0.25, -0.2) is 0 Å². The van der Waals surface area contributed by atoms with Crippen LogP contribution in [0, 0.1) is 5.92 Å². The second kappa shape index (κ2) is 5.31. The molecule has 0 aromatic heterocycles. The molecule has 3 unspecified atom stereocenters. The molecule has 1 spiro atoms. The van der Waals surface area contributed by atoms with Gasteiger partial charge in [0.2, 0.25) is 0 Å². The Morgan fingerprint density at radius 2 is 2.06 bits per heavy atom. The van der Waals surface area contributed by atoms with E-state index in [0.29, 0.717) is 12.0 Å². The Hall–Kier alpha value is 0.230. The van der Waals surface area contributed by atoms with Crippen LogP contribution in [-0.2, 0) is 4.74 Å². The number of rotatable bonds is 1. The van der Waals surface area contributed by atoms with Crippen molar-refractivity contribution in [1.29, 1.82) is 0 Å². The second-order valence-electron chi connectivity index (χ2n) is 6.39. The van der Waals surface area contributed by atoms with Crippen LogP contribution in [0.4, 0.5) is 0 Å². The predicted molar refractivity (Wildman–Crippen MR) is 77.0 cm³/mol. The molecule has 0 radical (unpaired) electrons. The van der Waals surface area contributed by atoms with Gasteiger partial charge in [-0.1, -0.05) is 6.92 Å². The van der Waals surface area contributed by atoms with Gasteiger partial charge in [0.1, 0.15) is 0 Å². The van der Waals surface area contributed by atoms with Crippen molar-refractivity contribution in [2.75, 3.05) is 31.2 Å². The molecule has 4 heteroatoms. The lowest BCUT2D eigenvalue weighted by molar-refractivity contribution is -0.108. The summed E-state index contributed by atoms with van der Waals surface area (Å²) in [6, 6.07) is 1.10. The van der Waals surface area contributed by atoms with Gasteiger partial charge in [0, 0.05) is 31.8 Å². The van der Waals surface area contributed by atoms with E-state index in [1.54, 1.807) is 0 Å². The van der Waals surface area contributed by atoms with Crippen LogP contribution in [-0.4, -0.2) is 53.8 Å². The van der Waals surface area contributed by atoms with Crippen molar-refractivity contribution in [2.45, 2.75) is 50.3 Å². The molecule has 3 aliphatic rings. The summed E-state index contributed by atoms with van der Waals surface area (Å²) >= 11 is 2.08. The van der Waals surface area contributed by atoms with Crippen molar-refractivity contribution in [3.8, 4) is 0 Å². The van der Waals surface area contributed by atoms with Gasteiger partial charge in [-0.05, 0) is 43.1 Å². The highest BCUT2D eigenvalue weighted by Crippen LogP contribution is 2.39. The minimum Gasteiger partial charge on any atom is -0.375 e. The predicted octanol–water partition coefficient (Wildman–Crippen LogP) is 1.71. The average Bonchev–Trinajstić information content (AvgIpc) is 2.71. The van der Waals surface area contributed by atoms with Crippen molar-refractivity contribution >= 4 is 11.8 Å². The number of hydrogen-bond donors (Lipinski definition) is 1. The number of hydrogen-bond acceptors (Lipinski definition) is 4. The average molecular weight is 270 g/mol. The molecule has 104 valence electrons. The third-order valence-corrected chi connectivity index (χ3v) is 6.07. The summed E-state index contributed by atoms with van der Waals surface area (Å²) in [6.45, 7) is 5.53. The maximum atomic E-state index is 6.18. The van der Waals surface area contributed by atoms with Crippen LogP contribution in [0.1, 0.15) is 32.6 Å². The van der Waals surface area contributed by atoms with E-state index >= 15 is 0 Å². The van der Waals surface area contributed by atoms with E-state index < -0.39 is 0 Å². The van der Waals surface area contributed by atoms with Crippen LogP contribution < -0.4 is 5.73 Å². The lowest BCUT2D eigenvalue weighted by atomic mass is 9.85. The molecule has 3 atom stereocenters. The number of likely N-dealkylation sites (tertiary alicyclic amines) is 1. The summed E-state index contributed by atoms with van der Waals surface area (Å²) in [4.78, 5) is 2.64. The molecule has 2 N–H and O–H groups in total. The summed E-state index contributed by atoms with van der Waals surface area (Å²) in [5.74, 6) is 3.22. The van der Waals surface area contributed by atoms with Crippen molar-refractivity contribution in [1.82, 2.24) is 4.90 Å². The van der Waals surface area contributed by atoms with Crippen LogP contribution >= 0.6 is 11.8 Å². The van der Waals surface area contributed by atoms with Crippen LogP contribution in [0.3, 0.4) is 0 Å². The Bertz CT molecular complexity index is 278. The smallest absolute Gasteiger partial charge is 0.0713 e. The first-order chi connectivity index (χ1) is 8.69. The summed E-state index contributed by atoms with van der Waals surface area (Å²) in [5, 5.41) is 0. The summed E-state index contributed by atoms with van der Waals surface area (Å²) < 4.78 is 6.18. The molecule has 3 nitrogen and oxygen atoms in total. The molecular formula is C14H26N2OS. The van der Waals surface area contributed by atoms with Crippen molar-refractivity contribution in [2.24, 2.45) is 11.7 Å². The van der Waals surface area contributed by atoms with Crippen LogP contribution in [0.15, 0.2) is 0 Å². The molecule has 0 aromatic carbocycles. The molecule has 0 saturated carbocycles. The molecular weight excluding hydrogens is 244 g/mol. The molecule has 3 rings (SSSR count). The zero-order chi connectivity index (χ0) is 12.6. The molecule has 3 heterocycles. The maximum Gasteiger partial charge on any atom is 0.0713 e. The van der Waals surface area contributed by atoms with E-state index in [-0.39, 0.29) is 5.60 Å². The fourth-order valence-electron chi connectivity index (χ4n) is 3.73. The van der Waals surface area contributed by atoms with Crippen molar-refractivity contribution in [3.63, 3.8) is 0 Å². The minimum atomic E-state index is 0.212. The number of thioether (sulfide) groups is 1. The molecule has 0 amide bonds. The number of nitrogens with zero attached hydrogens (tertiary/aromatic N) is 1. The van der Waals surface area contributed by atoms with Crippen molar-refractivity contribution in [3.05, 3.63) is 0 Å². The van der Waals surface area contributed by atoms with Gasteiger partial charge in [0.25, 0.3) is 0 Å². The van der Waals surface area contributed by atoms with Crippen molar-refractivity contribution < 1.29 is 4.74 Å². The van der Waals surface area contributed by atoms with Crippen LogP contribution in [0.25, 0.3) is 0 Å². The lowest BCUT2D eigenvalue weighted by Gasteiger charge is -2.45. The Morgan fingerprint density at radius 1 is 1.28 bits per heavy atom. The quantitative estimate of drug-likeness (QED) is 0.787. The van der Waals surface area contributed by atoms with Gasteiger partial charge in [0.05, 0.1) is 5.60 Å². The molecule has 0 bridgehead atoms. The molecule has 3 saturated heterocycles. The van der Waals surface area contributed by atoms with E-state index in [1.165, 1.54) is 43.7 Å². The Balaban J connectivity index is 1.63. The first-order valence-corrected chi connectivity index (χ1v) is 8.55. The van der Waals surface area contributed by atoms with Crippen LogP contribution in [0.2, 0.25) is 0 Å². The molecule has 3 fully saturated rings. The van der Waals surface area contributed by atoms with Crippen LogP contribution in [0.5, 0.6) is 0 Å². The Labute approximate surface area is 115 Å². The van der Waals surface area contributed by atoms with Gasteiger partial charge in [-0.2, -0.15) is 11.8 Å². The molecule has 3 aliphatic heterocycles. The van der Waals surface area contributed by atoms with E-state index in [0.717, 1.165) is 19.2 Å². The third kappa shape index (κ3) is 2.58. The molecule has 0 aliphatic carbocycles. The van der Waals surface area contributed by atoms with Gasteiger partial charge in [0.15, 0.2) is 0 Å². The van der Waals surface area contributed by atoms with Gasteiger partial charge < -0.3 is 10.5 Å². The normalized spacial score (nSPS) is 41.3. The summed E-state index contributed by atoms with van der Waals surface area (Å²) in [6.07, 6.45) is 4.95. The lowest BCUT2D eigenvalue weighted by Crippen LogP contribution is -2.50. The molecule has 18 heavy (non-hydrogen) atoms. The maximum absolute atomic E-state index is 6.18. The second-order valence-corrected chi connectivity index (χ2v) is 7.61. The zero-order valence-corrected chi connectivity index (χ0v) is 12.3. The Morgan fingerprint density at radius 3 is 2.72 bits per heavy atom. The largest absolute Gasteiger partial charge is 0.375 e. The van der Waals surface area contributed by atoms with E-state index in [4.69, 9.17) is 10.5 Å². The SMILES string of the molecule is CC1CN(C2CCOC3(CCSCC3)C2)CC1N. The fraction of sp³-hybridized carbons (Fsp3) is 1.00. The Kier molecular flexibility index (Phi) is 3.90. The van der Waals surface area contributed by atoms with Gasteiger partial charge in [-0.15, -0.1) is 0 Å². The van der Waals surface area contributed by atoms with E-state index in [1.807, 2.05) is 0 Å². The van der Waals surface area contributed by atoms with E-state index in [9.17, 15) is 0 Å². The van der Waals surface area contributed by atoms with Gasteiger partial charge >= 0.3 is 0 Å². The third-order valence-electron chi connectivity index (χ3n) is 5.09. The van der Waals surface area contributed by atoms with Gasteiger partial charge in [-0.3, -0.25) is 4.90 Å².